The van der Waals surface area contributed by atoms with Gasteiger partial charge in [-0.1, -0.05) is 33.6 Å². The van der Waals surface area contributed by atoms with E-state index in [2.05, 4.69) is 21.2 Å². The number of amides is 1. The molecule has 1 unspecified atom stereocenters. The number of benzene rings is 2. The van der Waals surface area contributed by atoms with Crippen molar-refractivity contribution in [1.82, 2.24) is 5.32 Å². The highest BCUT2D eigenvalue weighted by molar-refractivity contribution is 9.10. The monoisotopic (exact) mass is 359 g/mol. The van der Waals surface area contributed by atoms with Crippen LogP contribution >= 0.6 is 15.9 Å². The van der Waals surface area contributed by atoms with E-state index in [0.29, 0.717) is 6.61 Å². The van der Waals surface area contributed by atoms with Gasteiger partial charge in [0.05, 0.1) is 12.6 Å². The van der Waals surface area contributed by atoms with E-state index in [4.69, 9.17) is 4.74 Å². The maximum atomic E-state index is 12.6. The van der Waals surface area contributed by atoms with E-state index in [1.807, 2.05) is 50.2 Å². The van der Waals surface area contributed by atoms with Gasteiger partial charge in [0.15, 0.2) is 0 Å². The third-order valence-electron chi connectivity index (χ3n) is 3.94. The van der Waals surface area contributed by atoms with E-state index in [9.17, 15) is 4.79 Å². The zero-order chi connectivity index (χ0) is 15.7. The summed E-state index contributed by atoms with van der Waals surface area (Å²) in [5, 5.41) is 3.14. The molecule has 0 aromatic heterocycles. The summed E-state index contributed by atoms with van der Waals surface area (Å²) in [5.41, 5.74) is 3.92. The number of hydrogen-bond donors (Lipinski definition) is 1. The summed E-state index contributed by atoms with van der Waals surface area (Å²) in [7, 11) is 0. The zero-order valence-electron chi connectivity index (χ0n) is 12.7. The van der Waals surface area contributed by atoms with Crippen LogP contribution in [0.15, 0.2) is 40.9 Å². The Morgan fingerprint density at radius 1 is 1.23 bits per heavy atom. The molecule has 1 atom stereocenters. The largest absolute Gasteiger partial charge is 0.493 e. The number of fused-ring (bicyclic) bond motifs is 1. The molecule has 1 heterocycles. The molecule has 4 heteroatoms. The molecule has 2 aromatic carbocycles. The summed E-state index contributed by atoms with van der Waals surface area (Å²) >= 11 is 3.48. The van der Waals surface area contributed by atoms with Crippen LogP contribution in [0.1, 0.15) is 39.5 Å². The van der Waals surface area contributed by atoms with Crippen molar-refractivity contribution in [2.45, 2.75) is 26.3 Å². The average Bonchev–Trinajstić information content (AvgIpc) is 2.47. The molecular formula is C18H18BrNO2. The standard InChI is InChI=1S/C18H18BrNO2/c1-11-3-5-14(12(2)9-11)18(21)20-16-7-8-22-17-6-4-13(19)10-15(16)17/h3-6,9-10,16H,7-8H2,1-2H3,(H,20,21). The fourth-order valence-corrected chi connectivity index (χ4v) is 3.20. The third kappa shape index (κ3) is 3.02. The van der Waals surface area contributed by atoms with Crippen LogP contribution in [0.2, 0.25) is 0 Å². The molecular weight excluding hydrogens is 342 g/mol. The Balaban J connectivity index is 1.85. The Morgan fingerprint density at radius 3 is 2.82 bits per heavy atom. The lowest BCUT2D eigenvalue weighted by Gasteiger charge is -2.27. The van der Waals surface area contributed by atoms with Crippen molar-refractivity contribution in [2.75, 3.05) is 6.61 Å². The summed E-state index contributed by atoms with van der Waals surface area (Å²) in [6.07, 6.45) is 0.778. The first-order valence-corrected chi connectivity index (χ1v) is 8.14. The number of aryl methyl sites for hydroxylation is 2. The minimum atomic E-state index is -0.0321. The molecule has 1 aliphatic rings. The van der Waals surface area contributed by atoms with E-state index in [0.717, 1.165) is 38.9 Å². The number of nitrogens with one attached hydrogen (secondary N) is 1. The van der Waals surface area contributed by atoms with Gasteiger partial charge in [-0.05, 0) is 43.7 Å². The number of carbonyl (C=O) groups excluding carboxylic acids is 1. The summed E-state index contributed by atoms with van der Waals surface area (Å²) in [5.74, 6) is 0.815. The van der Waals surface area contributed by atoms with Crippen molar-refractivity contribution in [3.8, 4) is 5.75 Å². The van der Waals surface area contributed by atoms with Gasteiger partial charge in [0, 0.05) is 22.0 Å². The molecule has 0 bridgehead atoms. The first-order chi connectivity index (χ1) is 10.5. The third-order valence-corrected chi connectivity index (χ3v) is 4.44. The van der Waals surface area contributed by atoms with Gasteiger partial charge >= 0.3 is 0 Å². The topological polar surface area (TPSA) is 38.3 Å². The SMILES string of the molecule is Cc1ccc(C(=O)NC2CCOc3ccc(Br)cc32)c(C)c1. The minimum Gasteiger partial charge on any atom is -0.493 e. The normalized spacial score (nSPS) is 16.6. The van der Waals surface area contributed by atoms with E-state index in [1.165, 1.54) is 0 Å². The van der Waals surface area contributed by atoms with Crippen LogP contribution in [0, 0.1) is 13.8 Å². The van der Waals surface area contributed by atoms with Crippen molar-refractivity contribution in [3.05, 3.63) is 63.1 Å². The Labute approximate surface area is 138 Å². The lowest BCUT2D eigenvalue weighted by Crippen LogP contribution is -2.32. The number of halogens is 1. The Bertz CT molecular complexity index is 727. The predicted molar refractivity (Wildman–Crippen MR) is 90.4 cm³/mol. The molecule has 0 saturated heterocycles. The van der Waals surface area contributed by atoms with Gasteiger partial charge in [-0.25, -0.2) is 0 Å². The summed E-state index contributed by atoms with van der Waals surface area (Å²) < 4.78 is 6.65. The molecule has 0 radical (unpaired) electrons. The van der Waals surface area contributed by atoms with Crippen LogP contribution in [-0.2, 0) is 0 Å². The predicted octanol–water partition coefficient (Wildman–Crippen LogP) is 4.32. The highest BCUT2D eigenvalue weighted by Crippen LogP contribution is 2.34. The van der Waals surface area contributed by atoms with E-state index in [-0.39, 0.29) is 11.9 Å². The second kappa shape index (κ2) is 6.13. The fraction of sp³-hybridized carbons (Fsp3) is 0.278. The second-order valence-electron chi connectivity index (χ2n) is 5.66. The molecule has 0 aliphatic carbocycles. The average molecular weight is 360 g/mol. The summed E-state index contributed by atoms with van der Waals surface area (Å²) in [6, 6.07) is 11.8. The number of hydrogen-bond acceptors (Lipinski definition) is 2. The Kier molecular flexibility index (Phi) is 4.21. The first kappa shape index (κ1) is 15.1. The quantitative estimate of drug-likeness (QED) is 0.866. The van der Waals surface area contributed by atoms with E-state index >= 15 is 0 Å². The maximum absolute atomic E-state index is 12.6. The van der Waals surface area contributed by atoms with Crippen molar-refractivity contribution in [3.63, 3.8) is 0 Å². The van der Waals surface area contributed by atoms with Crippen molar-refractivity contribution in [2.24, 2.45) is 0 Å². The molecule has 1 N–H and O–H groups in total. The number of ether oxygens (including phenoxy) is 1. The molecule has 2 aromatic rings. The van der Waals surface area contributed by atoms with Gasteiger partial charge in [0.25, 0.3) is 5.91 Å². The summed E-state index contributed by atoms with van der Waals surface area (Å²) in [4.78, 5) is 12.6. The Hall–Kier alpha value is -1.81. The lowest BCUT2D eigenvalue weighted by atomic mass is 9.99. The van der Waals surface area contributed by atoms with Crippen LogP contribution in [0.4, 0.5) is 0 Å². The van der Waals surface area contributed by atoms with E-state index < -0.39 is 0 Å². The Morgan fingerprint density at radius 2 is 2.05 bits per heavy atom. The molecule has 0 spiro atoms. The fourth-order valence-electron chi connectivity index (χ4n) is 2.82. The highest BCUT2D eigenvalue weighted by Gasteiger charge is 2.24. The van der Waals surface area contributed by atoms with Gasteiger partial charge in [0.1, 0.15) is 5.75 Å². The lowest BCUT2D eigenvalue weighted by molar-refractivity contribution is 0.0924. The molecule has 3 nitrogen and oxygen atoms in total. The smallest absolute Gasteiger partial charge is 0.252 e. The van der Waals surface area contributed by atoms with Crippen molar-refractivity contribution in [1.29, 1.82) is 0 Å². The first-order valence-electron chi connectivity index (χ1n) is 7.35. The molecule has 114 valence electrons. The molecule has 1 aliphatic heterocycles. The molecule has 1 amide bonds. The zero-order valence-corrected chi connectivity index (χ0v) is 14.2. The van der Waals surface area contributed by atoms with Gasteiger partial charge < -0.3 is 10.1 Å². The van der Waals surface area contributed by atoms with Gasteiger partial charge in [-0.15, -0.1) is 0 Å². The van der Waals surface area contributed by atoms with Gasteiger partial charge in [-0.3, -0.25) is 4.79 Å². The van der Waals surface area contributed by atoms with Crippen LogP contribution in [-0.4, -0.2) is 12.5 Å². The van der Waals surface area contributed by atoms with Crippen LogP contribution in [0.25, 0.3) is 0 Å². The van der Waals surface area contributed by atoms with Crippen molar-refractivity contribution < 1.29 is 9.53 Å². The van der Waals surface area contributed by atoms with Gasteiger partial charge in [0.2, 0.25) is 0 Å². The maximum Gasteiger partial charge on any atom is 0.252 e. The minimum absolute atomic E-state index is 0.0190. The van der Waals surface area contributed by atoms with Crippen molar-refractivity contribution >= 4 is 21.8 Å². The molecule has 3 rings (SSSR count). The highest BCUT2D eigenvalue weighted by atomic mass is 79.9. The summed E-state index contributed by atoms with van der Waals surface area (Å²) in [6.45, 7) is 4.61. The number of carbonyl (C=O) groups is 1. The van der Waals surface area contributed by atoms with E-state index in [1.54, 1.807) is 0 Å². The second-order valence-corrected chi connectivity index (χ2v) is 6.58. The van der Waals surface area contributed by atoms with Crippen LogP contribution in [0.5, 0.6) is 5.75 Å². The van der Waals surface area contributed by atoms with Crippen LogP contribution in [0.3, 0.4) is 0 Å². The molecule has 0 saturated carbocycles. The number of rotatable bonds is 2. The van der Waals surface area contributed by atoms with Gasteiger partial charge in [-0.2, -0.15) is 0 Å². The van der Waals surface area contributed by atoms with Crippen LogP contribution < -0.4 is 10.1 Å². The molecule has 0 fully saturated rings. The molecule has 22 heavy (non-hydrogen) atoms.